The summed E-state index contributed by atoms with van der Waals surface area (Å²) < 4.78 is 72.6. The first-order chi connectivity index (χ1) is 11.0. The minimum absolute atomic E-state index is 0.448. The fourth-order valence-corrected chi connectivity index (χ4v) is 1.58. The van der Waals surface area contributed by atoms with Crippen LogP contribution in [-0.2, 0) is 19.1 Å². The lowest BCUT2D eigenvalue weighted by Gasteiger charge is -2.21. The molecule has 0 aliphatic heterocycles. The monoisotopic (exact) mass is 359 g/mol. The van der Waals surface area contributed by atoms with Crippen LogP contribution < -0.4 is 0 Å². The molecule has 0 aromatic carbocycles. The lowest BCUT2D eigenvalue weighted by Crippen LogP contribution is -2.40. The maximum Gasteiger partial charge on any atom is 0.461 e. The summed E-state index contributed by atoms with van der Waals surface area (Å²) in [6, 6.07) is -0.448. The second-order valence-electron chi connectivity index (χ2n) is 4.85. The number of alkyl halides is 5. The highest BCUT2D eigenvalue weighted by atomic mass is 19.4. The van der Waals surface area contributed by atoms with Crippen molar-refractivity contribution in [1.82, 2.24) is 0 Å². The van der Waals surface area contributed by atoms with E-state index in [1.807, 2.05) is 0 Å². The molecule has 6 nitrogen and oxygen atoms in total. The number of aliphatic hydroxyl groups is 1. The van der Waals surface area contributed by atoms with Gasteiger partial charge in [0.15, 0.2) is 5.76 Å². The second kappa shape index (κ2) is 7.14. The summed E-state index contributed by atoms with van der Waals surface area (Å²) in [6.07, 6.45) is -6.05. The number of rotatable bonds is 6. The number of hydrogen-bond donors (Lipinski definition) is 1. The third kappa shape index (κ3) is 4.42. The van der Waals surface area contributed by atoms with Crippen LogP contribution in [0.25, 0.3) is 0 Å². The molecule has 0 aromatic rings. The number of aliphatic imine (C=N–C) groups is 1. The highest BCUT2D eigenvalue weighted by Crippen LogP contribution is 2.41. The Balaban J connectivity index is 3.49. The summed E-state index contributed by atoms with van der Waals surface area (Å²) in [5.74, 6) is -11.0. The molecule has 1 saturated carbocycles. The average Bonchev–Trinajstić information content (AvgIpc) is 3.29. The zero-order chi connectivity index (χ0) is 18.7. The highest BCUT2D eigenvalue weighted by molar-refractivity contribution is 6.24. The Hall–Kier alpha value is -2.20. The molecule has 1 aliphatic rings. The molecule has 1 rings (SSSR count). The largest absolute Gasteiger partial charge is 0.505 e. The Bertz CT molecular complexity index is 578. The van der Waals surface area contributed by atoms with E-state index in [-0.39, 0.29) is 0 Å². The molecular weight excluding hydrogens is 345 g/mol. The third-order valence-electron chi connectivity index (χ3n) is 2.99. The van der Waals surface area contributed by atoms with Gasteiger partial charge in [0, 0.05) is 0 Å². The fraction of sp³-hybridized carbons (Fsp3) is 0.615. The van der Waals surface area contributed by atoms with Crippen LogP contribution in [0.3, 0.4) is 0 Å². The molecule has 1 fully saturated rings. The molecule has 136 valence electrons. The summed E-state index contributed by atoms with van der Waals surface area (Å²) >= 11 is 0. The number of nitrogens with zero attached hydrogens (tertiary/aromatic N) is 1. The van der Waals surface area contributed by atoms with Crippen molar-refractivity contribution >= 4 is 17.7 Å². The molecule has 0 spiro atoms. The van der Waals surface area contributed by atoms with Gasteiger partial charge in [-0.1, -0.05) is 0 Å². The van der Waals surface area contributed by atoms with Crippen molar-refractivity contribution in [2.45, 2.75) is 37.4 Å². The molecule has 0 unspecified atom stereocenters. The first-order valence-electron chi connectivity index (χ1n) is 6.56. The Labute approximate surface area is 132 Å². The molecule has 0 atom stereocenters. The minimum Gasteiger partial charge on any atom is -0.505 e. The van der Waals surface area contributed by atoms with Crippen LogP contribution in [0.4, 0.5) is 22.0 Å². The molecule has 0 aromatic heterocycles. The van der Waals surface area contributed by atoms with E-state index < -0.39 is 53.5 Å². The molecule has 1 aliphatic carbocycles. The molecule has 0 heterocycles. The van der Waals surface area contributed by atoms with Gasteiger partial charge in [0.05, 0.1) is 32.4 Å². The minimum atomic E-state index is -6.16. The van der Waals surface area contributed by atoms with Gasteiger partial charge in [-0.25, -0.2) is 4.79 Å². The zero-order valence-electron chi connectivity index (χ0n) is 12.6. The summed E-state index contributed by atoms with van der Waals surface area (Å²) in [5, 5.41) is 9.44. The Morgan fingerprint density at radius 1 is 1.12 bits per heavy atom. The standard InChI is InChI=1S/C13H14F5NO5/c1-23-8(20)5-7(19-6-3-4-6)9(11(22)24-2)10(21)12(14,15)13(16,17)18/h6,21H,3-5H2,1-2H3. The number of halogens is 5. The van der Waals surface area contributed by atoms with Crippen LogP contribution in [0.1, 0.15) is 19.3 Å². The van der Waals surface area contributed by atoms with Crippen LogP contribution in [0.2, 0.25) is 0 Å². The average molecular weight is 359 g/mol. The summed E-state index contributed by atoms with van der Waals surface area (Å²) in [4.78, 5) is 26.8. The van der Waals surface area contributed by atoms with Crippen LogP contribution >= 0.6 is 0 Å². The molecule has 0 bridgehead atoms. The van der Waals surface area contributed by atoms with Gasteiger partial charge in [-0.2, -0.15) is 22.0 Å². The van der Waals surface area contributed by atoms with Crippen LogP contribution in [0.5, 0.6) is 0 Å². The molecule has 0 amide bonds. The number of carbonyl (C=O) groups excluding carboxylic acids is 2. The number of ether oxygens (including phenoxy) is 2. The highest BCUT2D eigenvalue weighted by Gasteiger charge is 2.62. The maximum atomic E-state index is 13.4. The SMILES string of the molecule is COC(=O)CC(=NC1CC1)C(C(=O)OC)=C(O)C(F)(F)C(F)(F)F. The maximum absolute atomic E-state index is 13.4. The number of methoxy groups -OCH3 is 2. The van der Waals surface area contributed by atoms with Gasteiger partial charge in [-0.15, -0.1) is 0 Å². The van der Waals surface area contributed by atoms with E-state index in [2.05, 4.69) is 14.5 Å². The Kier molecular flexibility index (Phi) is 5.90. The van der Waals surface area contributed by atoms with Gasteiger partial charge >= 0.3 is 24.0 Å². The van der Waals surface area contributed by atoms with E-state index >= 15 is 0 Å². The topological polar surface area (TPSA) is 85.2 Å². The van der Waals surface area contributed by atoms with E-state index in [9.17, 15) is 36.6 Å². The summed E-state index contributed by atoms with van der Waals surface area (Å²) in [5.41, 5.74) is -2.25. The number of aliphatic hydroxyl groups excluding tert-OH is 1. The number of hydrogen-bond acceptors (Lipinski definition) is 6. The van der Waals surface area contributed by atoms with Gasteiger partial charge in [-0.05, 0) is 12.8 Å². The Morgan fingerprint density at radius 2 is 1.67 bits per heavy atom. The number of carbonyl (C=O) groups is 2. The molecule has 0 radical (unpaired) electrons. The lowest BCUT2D eigenvalue weighted by atomic mass is 10.0. The van der Waals surface area contributed by atoms with Crippen LogP contribution in [-0.4, -0.2) is 55.1 Å². The van der Waals surface area contributed by atoms with E-state index in [1.54, 1.807) is 0 Å². The van der Waals surface area contributed by atoms with Gasteiger partial charge in [-0.3, -0.25) is 9.79 Å². The summed E-state index contributed by atoms with van der Waals surface area (Å²) in [7, 11) is 1.66. The van der Waals surface area contributed by atoms with E-state index in [0.717, 1.165) is 7.11 Å². The number of esters is 2. The predicted molar refractivity (Wildman–Crippen MR) is 69.8 cm³/mol. The van der Waals surface area contributed by atoms with Gasteiger partial charge in [0.1, 0.15) is 5.57 Å². The zero-order valence-corrected chi connectivity index (χ0v) is 12.6. The first-order valence-corrected chi connectivity index (χ1v) is 6.56. The normalized spacial score (nSPS) is 17.2. The quantitative estimate of drug-likeness (QED) is 0.259. The van der Waals surface area contributed by atoms with Crippen molar-refractivity contribution < 1.29 is 46.1 Å². The first kappa shape index (κ1) is 19.8. The summed E-state index contributed by atoms with van der Waals surface area (Å²) in [6.45, 7) is 0. The van der Waals surface area contributed by atoms with E-state index in [0.29, 0.717) is 20.0 Å². The molecule has 11 heteroatoms. The van der Waals surface area contributed by atoms with Crippen molar-refractivity contribution in [3.8, 4) is 0 Å². The van der Waals surface area contributed by atoms with E-state index in [1.165, 1.54) is 0 Å². The third-order valence-corrected chi connectivity index (χ3v) is 2.99. The van der Waals surface area contributed by atoms with Crippen molar-refractivity contribution in [2.24, 2.45) is 4.99 Å². The van der Waals surface area contributed by atoms with Crippen LogP contribution in [0, 0.1) is 0 Å². The van der Waals surface area contributed by atoms with Gasteiger partial charge < -0.3 is 14.6 Å². The van der Waals surface area contributed by atoms with Crippen molar-refractivity contribution in [1.29, 1.82) is 0 Å². The van der Waals surface area contributed by atoms with Crippen molar-refractivity contribution in [3.05, 3.63) is 11.3 Å². The van der Waals surface area contributed by atoms with E-state index in [4.69, 9.17) is 0 Å². The van der Waals surface area contributed by atoms with Crippen LogP contribution in [0.15, 0.2) is 16.3 Å². The Morgan fingerprint density at radius 3 is 2.04 bits per heavy atom. The molecular formula is C13H14F5NO5. The fourth-order valence-electron chi connectivity index (χ4n) is 1.58. The molecule has 24 heavy (non-hydrogen) atoms. The lowest BCUT2D eigenvalue weighted by molar-refractivity contribution is -0.274. The van der Waals surface area contributed by atoms with Crippen molar-refractivity contribution in [3.63, 3.8) is 0 Å². The predicted octanol–water partition coefficient (Wildman–Crippen LogP) is 2.34. The van der Waals surface area contributed by atoms with Crippen molar-refractivity contribution in [2.75, 3.05) is 14.2 Å². The molecule has 0 saturated heterocycles. The van der Waals surface area contributed by atoms with Gasteiger partial charge in [0.2, 0.25) is 0 Å². The molecule has 1 N–H and O–H groups in total. The number of allylic oxidation sites excluding steroid dienone is 1. The smallest absolute Gasteiger partial charge is 0.461 e. The van der Waals surface area contributed by atoms with Gasteiger partial charge in [0.25, 0.3) is 0 Å². The second-order valence-corrected chi connectivity index (χ2v) is 4.85.